The number of quaternary nitrogens is 1. The molecule has 4 heteroatoms. The summed E-state index contributed by atoms with van der Waals surface area (Å²) in [6.45, 7) is 1.62. The molecular weight excluding hydrogens is 267 g/mol. The van der Waals surface area contributed by atoms with Gasteiger partial charge in [-0.15, -0.1) is 0 Å². The van der Waals surface area contributed by atoms with Crippen LogP contribution in [0.15, 0.2) is 65.3 Å². The molecule has 3 nitrogen and oxygen atoms in total. The van der Waals surface area contributed by atoms with Crippen molar-refractivity contribution in [3.8, 4) is 11.3 Å². The number of nitrogens with two attached hydrogens (primary N) is 1. The molecule has 0 saturated carbocycles. The van der Waals surface area contributed by atoms with Gasteiger partial charge in [0.2, 0.25) is 0 Å². The Hall–Kier alpha value is -2.46. The lowest BCUT2D eigenvalue weighted by Crippen LogP contribution is -2.80. The average molecular weight is 283 g/mol. The smallest absolute Gasteiger partial charge is 0.158 e. The molecule has 2 N–H and O–H groups in total. The lowest BCUT2D eigenvalue weighted by atomic mass is 10.2. The van der Waals surface area contributed by atoms with Gasteiger partial charge in [0.25, 0.3) is 0 Å². The molecule has 3 rings (SSSR count). The third kappa shape index (κ3) is 3.55. The third-order valence-electron chi connectivity index (χ3n) is 3.24. The highest BCUT2D eigenvalue weighted by molar-refractivity contribution is 5.57. The summed E-state index contributed by atoms with van der Waals surface area (Å²) in [6.07, 6.45) is 3.63. The SMILES string of the molecule is Fc1ccc(-c2ccc(C[NH2+]Cc3cccnc3)o2)cc1. The van der Waals surface area contributed by atoms with Crippen LogP contribution in [-0.4, -0.2) is 4.98 Å². The van der Waals surface area contributed by atoms with Crippen LogP contribution in [0.1, 0.15) is 11.3 Å². The van der Waals surface area contributed by atoms with Crippen LogP contribution in [0.5, 0.6) is 0 Å². The maximum atomic E-state index is 12.9. The molecule has 0 fully saturated rings. The Kier molecular flexibility index (Phi) is 4.07. The first-order valence-corrected chi connectivity index (χ1v) is 6.86. The van der Waals surface area contributed by atoms with E-state index in [1.807, 2.05) is 24.4 Å². The number of aromatic nitrogens is 1. The molecule has 106 valence electrons. The van der Waals surface area contributed by atoms with E-state index in [1.165, 1.54) is 17.7 Å². The predicted molar refractivity (Wildman–Crippen MR) is 77.7 cm³/mol. The lowest BCUT2D eigenvalue weighted by Gasteiger charge is -2.00. The van der Waals surface area contributed by atoms with Gasteiger partial charge in [0, 0.05) is 23.5 Å². The molecule has 21 heavy (non-hydrogen) atoms. The van der Waals surface area contributed by atoms with Crippen molar-refractivity contribution >= 4 is 0 Å². The number of pyridine rings is 1. The van der Waals surface area contributed by atoms with Gasteiger partial charge in [-0.3, -0.25) is 4.98 Å². The summed E-state index contributed by atoms with van der Waals surface area (Å²) in [5.41, 5.74) is 2.07. The molecule has 0 amide bonds. The van der Waals surface area contributed by atoms with E-state index in [1.54, 1.807) is 18.3 Å². The van der Waals surface area contributed by atoms with E-state index in [-0.39, 0.29) is 5.82 Å². The number of halogens is 1. The summed E-state index contributed by atoms with van der Waals surface area (Å²) >= 11 is 0. The lowest BCUT2D eigenvalue weighted by molar-refractivity contribution is -0.688. The average Bonchev–Trinajstić information content (AvgIpc) is 2.98. The summed E-state index contributed by atoms with van der Waals surface area (Å²) in [6, 6.07) is 14.2. The van der Waals surface area contributed by atoms with E-state index < -0.39 is 0 Å². The maximum Gasteiger partial charge on any atom is 0.158 e. The van der Waals surface area contributed by atoms with Gasteiger partial charge < -0.3 is 9.73 Å². The zero-order valence-electron chi connectivity index (χ0n) is 11.5. The summed E-state index contributed by atoms with van der Waals surface area (Å²) < 4.78 is 18.7. The van der Waals surface area contributed by atoms with Crippen molar-refractivity contribution in [2.24, 2.45) is 0 Å². The van der Waals surface area contributed by atoms with Gasteiger partial charge in [-0.05, 0) is 42.5 Å². The molecule has 3 aromatic rings. The van der Waals surface area contributed by atoms with Gasteiger partial charge >= 0.3 is 0 Å². The molecule has 0 unspecified atom stereocenters. The molecule has 0 aliphatic carbocycles. The molecule has 0 atom stereocenters. The monoisotopic (exact) mass is 283 g/mol. The fourth-order valence-corrected chi connectivity index (χ4v) is 2.16. The minimum Gasteiger partial charge on any atom is -0.455 e. The molecule has 0 saturated heterocycles. The van der Waals surface area contributed by atoms with E-state index in [0.717, 1.165) is 30.2 Å². The van der Waals surface area contributed by atoms with Crippen LogP contribution in [0.3, 0.4) is 0 Å². The van der Waals surface area contributed by atoms with Crippen LogP contribution >= 0.6 is 0 Å². The second-order valence-electron chi connectivity index (χ2n) is 4.83. The summed E-state index contributed by atoms with van der Waals surface area (Å²) in [4.78, 5) is 4.09. The first-order chi connectivity index (χ1) is 10.3. The number of hydrogen-bond donors (Lipinski definition) is 1. The van der Waals surface area contributed by atoms with Crippen molar-refractivity contribution in [2.75, 3.05) is 0 Å². The van der Waals surface area contributed by atoms with Gasteiger partial charge in [-0.25, -0.2) is 4.39 Å². The molecule has 0 aliphatic rings. The van der Waals surface area contributed by atoms with Crippen LogP contribution in [-0.2, 0) is 13.1 Å². The van der Waals surface area contributed by atoms with Crippen LogP contribution in [0.25, 0.3) is 11.3 Å². The van der Waals surface area contributed by atoms with Crippen LogP contribution in [0.2, 0.25) is 0 Å². The van der Waals surface area contributed by atoms with Gasteiger partial charge in [0.05, 0.1) is 0 Å². The fraction of sp³-hybridized carbons (Fsp3) is 0.118. The standard InChI is InChI=1S/C17H15FN2O/c18-15-5-3-14(4-6-15)17-8-7-16(21-17)12-20-11-13-2-1-9-19-10-13/h1-10,20H,11-12H2/p+1. The molecule has 0 bridgehead atoms. The first kappa shape index (κ1) is 13.5. The van der Waals surface area contributed by atoms with E-state index in [9.17, 15) is 4.39 Å². The highest BCUT2D eigenvalue weighted by atomic mass is 19.1. The van der Waals surface area contributed by atoms with Crippen LogP contribution in [0, 0.1) is 5.82 Å². The molecule has 2 heterocycles. The Morgan fingerprint density at radius 3 is 2.62 bits per heavy atom. The van der Waals surface area contributed by atoms with Crippen LogP contribution < -0.4 is 5.32 Å². The van der Waals surface area contributed by atoms with Gasteiger partial charge in [-0.1, -0.05) is 6.07 Å². The molecule has 0 spiro atoms. The Morgan fingerprint density at radius 1 is 1.00 bits per heavy atom. The molecule has 1 aromatic carbocycles. The van der Waals surface area contributed by atoms with E-state index in [2.05, 4.69) is 16.4 Å². The number of furan rings is 1. The molecular formula is C17H16FN2O+. The van der Waals surface area contributed by atoms with Crippen molar-refractivity contribution < 1.29 is 14.1 Å². The highest BCUT2D eigenvalue weighted by Gasteiger charge is 2.06. The third-order valence-corrected chi connectivity index (χ3v) is 3.24. The van der Waals surface area contributed by atoms with E-state index in [0.29, 0.717) is 0 Å². The van der Waals surface area contributed by atoms with E-state index >= 15 is 0 Å². The highest BCUT2D eigenvalue weighted by Crippen LogP contribution is 2.21. The molecule has 0 aliphatic heterocycles. The number of hydrogen-bond acceptors (Lipinski definition) is 2. The zero-order valence-corrected chi connectivity index (χ0v) is 11.5. The number of rotatable bonds is 5. The molecule has 0 radical (unpaired) electrons. The summed E-state index contributed by atoms with van der Waals surface area (Å²) in [5.74, 6) is 1.42. The topological polar surface area (TPSA) is 42.6 Å². The van der Waals surface area contributed by atoms with Crippen LogP contribution in [0.4, 0.5) is 4.39 Å². The molecule has 2 aromatic heterocycles. The van der Waals surface area contributed by atoms with Crippen molar-refractivity contribution in [1.29, 1.82) is 0 Å². The second-order valence-corrected chi connectivity index (χ2v) is 4.83. The predicted octanol–water partition coefficient (Wildman–Crippen LogP) is 2.74. The Morgan fingerprint density at radius 2 is 1.86 bits per heavy atom. The Labute approximate surface area is 122 Å². The number of nitrogens with zero attached hydrogens (tertiary/aromatic N) is 1. The fourth-order valence-electron chi connectivity index (χ4n) is 2.16. The van der Waals surface area contributed by atoms with Gasteiger partial charge in [-0.2, -0.15) is 0 Å². The van der Waals surface area contributed by atoms with Crippen molar-refractivity contribution in [3.63, 3.8) is 0 Å². The van der Waals surface area contributed by atoms with Gasteiger partial charge in [0.15, 0.2) is 5.76 Å². The van der Waals surface area contributed by atoms with Gasteiger partial charge in [0.1, 0.15) is 24.7 Å². The minimum atomic E-state index is -0.240. The largest absolute Gasteiger partial charge is 0.455 e. The summed E-state index contributed by atoms with van der Waals surface area (Å²) in [7, 11) is 0. The zero-order chi connectivity index (χ0) is 14.5. The Balaban J connectivity index is 1.59. The van der Waals surface area contributed by atoms with Crippen molar-refractivity contribution in [2.45, 2.75) is 13.1 Å². The first-order valence-electron chi connectivity index (χ1n) is 6.86. The Bertz CT molecular complexity index is 692. The number of benzene rings is 1. The van der Waals surface area contributed by atoms with Crippen molar-refractivity contribution in [3.05, 3.63) is 78.1 Å². The maximum absolute atomic E-state index is 12.9. The van der Waals surface area contributed by atoms with E-state index in [4.69, 9.17) is 4.42 Å². The second kappa shape index (κ2) is 6.33. The minimum absolute atomic E-state index is 0.240. The summed E-state index contributed by atoms with van der Waals surface area (Å²) in [5, 5.41) is 2.16. The normalized spacial score (nSPS) is 10.7. The quantitative estimate of drug-likeness (QED) is 0.782. The van der Waals surface area contributed by atoms with Crippen molar-refractivity contribution in [1.82, 2.24) is 4.98 Å².